The standard InChI is InChI=1S/C18H15NO5/c1-21-15-6-11(7-16(22-2)18(15)20)17-12-8-14-13(23-9-24-14)5-10(12)3-4-19-17/h3-8,20H,9H2,1-2H3. The van der Waals surface area contributed by atoms with Crippen molar-refractivity contribution in [2.45, 2.75) is 0 Å². The molecule has 0 radical (unpaired) electrons. The third-order valence-corrected chi connectivity index (χ3v) is 4.01. The number of pyridine rings is 1. The van der Waals surface area contributed by atoms with Gasteiger partial charge in [0.2, 0.25) is 12.5 Å². The Kier molecular flexibility index (Phi) is 3.30. The third-order valence-electron chi connectivity index (χ3n) is 4.01. The summed E-state index contributed by atoms with van der Waals surface area (Å²) in [5.74, 6) is 2.02. The molecule has 0 aliphatic carbocycles. The van der Waals surface area contributed by atoms with Crippen LogP contribution in [0.2, 0.25) is 0 Å². The second-order valence-electron chi connectivity index (χ2n) is 5.32. The quantitative estimate of drug-likeness (QED) is 0.796. The van der Waals surface area contributed by atoms with E-state index < -0.39 is 0 Å². The fraction of sp³-hybridized carbons (Fsp3) is 0.167. The van der Waals surface area contributed by atoms with Gasteiger partial charge in [0.1, 0.15) is 0 Å². The van der Waals surface area contributed by atoms with Crippen molar-refractivity contribution in [3.05, 3.63) is 36.5 Å². The molecule has 1 aliphatic rings. The molecule has 6 heteroatoms. The Morgan fingerprint density at radius 3 is 2.33 bits per heavy atom. The van der Waals surface area contributed by atoms with Gasteiger partial charge in [-0.2, -0.15) is 0 Å². The van der Waals surface area contributed by atoms with Crippen LogP contribution in [-0.4, -0.2) is 31.1 Å². The second kappa shape index (κ2) is 5.49. The number of aromatic nitrogens is 1. The van der Waals surface area contributed by atoms with Crippen molar-refractivity contribution in [3.63, 3.8) is 0 Å². The molecule has 1 N–H and O–H groups in total. The zero-order valence-corrected chi connectivity index (χ0v) is 13.2. The highest BCUT2D eigenvalue weighted by Crippen LogP contribution is 2.43. The van der Waals surface area contributed by atoms with E-state index >= 15 is 0 Å². The minimum Gasteiger partial charge on any atom is -0.502 e. The van der Waals surface area contributed by atoms with Gasteiger partial charge in [0.15, 0.2) is 23.0 Å². The first-order valence-electron chi connectivity index (χ1n) is 7.35. The molecule has 0 bridgehead atoms. The molecule has 1 aliphatic heterocycles. The molecule has 0 saturated carbocycles. The van der Waals surface area contributed by atoms with E-state index in [1.807, 2.05) is 18.2 Å². The number of hydrogen-bond acceptors (Lipinski definition) is 6. The molecule has 0 amide bonds. The van der Waals surface area contributed by atoms with E-state index in [0.29, 0.717) is 17.2 Å². The average Bonchev–Trinajstić information content (AvgIpc) is 3.07. The van der Waals surface area contributed by atoms with E-state index in [9.17, 15) is 5.11 Å². The van der Waals surface area contributed by atoms with E-state index in [1.54, 1.807) is 18.3 Å². The molecular formula is C18H15NO5. The van der Waals surface area contributed by atoms with E-state index in [-0.39, 0.29) is 12.5 Å². The van der Waals surface area contributed by atoms with E-state index in [1.165, 1.54) is 14.2 Å². The lowest BCUT2D eigenvalue weighted by atomic mass is 10.0. The number of fused-ring (bicyclic) bond motifs is 2. The average molecular weight is 325 g/mol. The summed E-state index contributed by atoms with van der Waals surface area (Å²) < 4.78 is 21.4. The molecule has 122 valence electrons. The van der Waals surface area contributed by atoms with Crippen LogP contribution in [0, 0.1) is 0 Å². The maximum Gasteiger partial charge on any atom is 0.231 e. The number of phenols is 1. The fourth-order valence-electron chi connectivity index (χ4n) is 2.82. The third kappa shape index (κ3) is 2.15. The van der Waals surface area contributed by atoms with Crippen molar-refractivity contribution in [2.75, 3.05) is 21.0 Å². The van der Waals surface area contributed by atoms with E-state index in [2.05, 4.69) is 4.98 Å². The molecule has 2 heterocycles. The first kappa shape index (κ1) is 14.4. The monoisotopic (exact) mass is 325 g/mol. The molecule has 1 aromatic heterocycles. The molecule has 6 nitrogen and oxygen atoms in total. The minimum atomic E-state index is -0.0402. The zero-order chi connectivity index (χ0) is 16.7. The first-order chi connectivity index (χ1) is 11.7. The van der Waals surface area contributed by atoms with E-state index in [0.717, 1.165) is 27.8 Å². The number of ether oxygens (including phenoxy) is 4. The molecule has 0 spiro atoms. The Bertz CT molecular complexity index is 913. The predicted molar refractivity (Wildman–Crippen MR) is 88.1 cm³/mol. The summed E-state index contributed by atoms with van der Waals surface area (Å²) in [7, 11) is 2.99. The number of nitrogens with zero attached hydrogens (tertiary/aromatic N) is 1. The lowest BCUT2D eigenvalue weighted by Gasteiger charge is -2.12. The van der Waals surface area contributed by atoms with Crippen molar-refractivity contribution in [3.8, 4) is 40.0 Å². The van der Waals surface area contributed by atoms with Gasteiger partial charge >= 0.3 is 0 Å². The molecule has 0 fully saturated rings. The van der Waals surface area contributed by atoms with Crippen LogP contribution < -0.4 is 18.9 Å². The van der Waals surface area contributed by atoms with Crippen molar-refractivity contribution in [1.29, 1.82) is 0 Å². The number of phenolic OH excluding ortho intramolecular Hbond substituents is 1. The number of rotatable bonds is 3. The van der Waals surface area contributed by atoms with Gasteiger partial charge < -0.3 is 24.1 Å². The summed E-state index contributed by atoms with van der Waals surface area (Å²) >= 11 is 0. The molecular weight excluding hydrogens is 310 g/mol. The first-order valence-corrected chi connectivity index (χ1v) is 7.35. The van der Waals surface area contributed by atoms with Crippen LogP contribution in [0.3, 0.4) is 0 Å². The van der Waals surface area contributed by atoms with E-state index in [4.69, 9.17) is 18.9 Å². The summed E-state index contributed by atoms with van der Waals surface area (Å²) in [5, 5.41) is 12.0. The Hall–Kier alpha value is -3.15. The highest BCUT2D eigenvalue weighted by Gasteiger charge is 2.18. The van der Waals surface area contributed by atoms with Crippen LogP contribution in [-0.2, 0) is 0 Å². The summed E-state index contributed by atoms with van der Waals surface area (Å²) in [5.41, 5.74) is 1.51. The van der Waals surface area contributed by atoms with Crippen molar-refractivity contribution < 1.29 is 24.1 Å². The van der Waals surface area contributed by atoms with Gasteiger partial charge in [0, 0.05) is 17.1 Å². The van der Waals surface area contributed by atoms with Gasteiger partial charge in [-0.05, 0) is 35.7 Å². The van der Waals surface area contributed by atoms with Crippen molar-refractivity contribution in [1.82, 2.24) is 4.98 Å². The summed E-state index contributed by atoms with van der Waals surface area (Å²) in [6.07, 6.45) is 1.73. The van der Waals surface area contributed by atoms with Crippen LogP contribution in [0.4, 0.5) is 0 Å². The maximum absolute atomic E-state index is 10.1. The summed E-state index contributed by atoms with van der Waals surface area (Å²) in [6.45, 7) is 0.218. The molecule has 0 saturated heterocycles. The highest BCUT2D eigenvalue weighted by atomic mass is 16.7. The highest BCUT2D eigenvalue weighted by molar-refractivity contribution is 5.97. The topological polar surface area (TPSA) is 70.0 Å². The molecule has 2 aromatic carbocycles. The number of hydrogen-bond donors (Lipinski definition) is 1. The Morgan fingerprint density at radius 2 is 1.67 bits per heavy atom. The Morgan fingerprint density at radius 1 is 1.00 bits per heavy atom. The normalized spacial score (nSPS) is 12.4. The SMILES string of the molecule is COc1cc(-c2nccc3cc4c(cc23)OCO4)cc(OC)c1O. The number of methoxy groups -OCH3 is 2. The summed E-state index contributed by atoms with van der Waals surface area (Å²) in [6, 6.07) is 9.20. The molecule has 24 heavy (non-hydrogen) atoms. The zero-order valence-electron chi connectivity index (χ0n) is 13.2. The summed E-state index contributed by atoms with van der Waals surface area (Å²) in [4.78, 5) is 4.49. The van der Waals surface area contributed by atoms with Crippen LogP contribution >= 0.6 is 0 Å². The van der Waals surface area contributed by atoms with Gasteiger partial charge in [0.05, 0.1) is 19.9 Å². The lowest BCUT2D eigenvalue weighted by molar-refractivity contribution is 0.174. The molecule has 4 rings (SSSR count). The lowest BCUT2D eigenvalue weighted by Crippen LogP contribution is -1.93. The Balaban J connectivity index is 1.97. The van der Waals surface area contributed by atoms with Crippen LogP contribution in [0.5, 0.6) is 28.7 Å². The van der Waals surface area contributed by atoms with Crippen LogP contribution in [0.15, 0.2) is 36.5 Å². The van der Waals surface area contributed by atoms with Crippen molar-refractivity contribution in [2.24, 2.45) is 0 Å². The van der Waals surface area contributed by atoms with Crippen molar-refractivity contribution >= 4 is 10.8 Å². The smallest absolute Gasteiger partial charge is 0.231 e. The van der Waals surface area contributed by atoms with Gasteiger partial charge in [-0.15, -0.1) is 0 Å². The second-order valence-corrected chi connectivity index (χ2v) is 5.32. The molecule has 0 atom stereocenters. The predicted octanol–water partition coefficient (Wildman–Crippen LogP) is 3.35. The Labute approximate surface area is 138 Å². The molecule has 3 aromatic rings. The van der Waals surface area contributed by atoms with Gasteiger partial charge in [-0.1, -0.05) is 0 Å². The van der Waals surface area contributed by atoms with Gasteiger partial charge in [-0.3, -0.25) is 4.98 Å². The molecule has 0 unspecified atom stereocenters. The van der Waals surface area contributed by atoms with Gasteiger partial charge in [-0.25, -0.2) is 0 Å². The van der Waals surface area contributed by atoms with Gasteiger partial charge in [0.25, 0.3) is 0 Å². The maximum atomic E-state index is 10.1. The minimum absolute atomic E-state index is 0.0402. The number of benzene rings is 2. The van der Waals surface area contributed by atoms with Crippen LogP contribution in [0.25, 0.3) is 22.0 Å². The fourth-order valence-corrected chi connectivity index (χ4v) is 2.82. The van der Waals surface area contributed by atoms with Crippen LogP contribution in [0.1, 0.15) is 0 Å². The number of aromatic hydroxyl groups is 1. The largest absolute Gasteiger partial charge is 0.502 e.